The Kier molecular flexibility index (Phi) is 8.04. The third kappa shape index (κ3) is 6.61. The Morgan fingerprint density at radius 1 is 1.05 bits per heavy atom. The van der Waals surface area contributed by atoms with Gasteiger partial charge in [-0.2, -0.15) is 0 Å². The number of phenolic OH excluding ortho intramolecular Hbond substituents is 1. The molecule has 0 saturated carbocycles. The van der Waals surface area contributed by atoms with Crippen LogP contribution in [0.1, 0.15) is 62.5 Å². The molecule has 0 spiro atoms. The number of hydrogen-bond acceptors (Lipinski definition) is 4. The summed E-state index contributed by atoms with van der Waals surface area (Å²) in [6.45, 7) is 1.93. The fourth-order valence-electron chi connectivity index (χ4n) is 2.40. The van der Waals surface area contributed by atoms with Crippen LogP contribution < -0.4 is 0 Å². The largest absolute Gasteiger partial charge is 0.507 e. The Labute approximate surface area is 131 Å². The Hall–Kier alpha value is -2.04. The van der Waals surface area contributed by atoms with Gasteiger partial charge in [-0.3, -0.25) is 4.79 Å². The van der Waals surface area contributed by atoms with Crippen molar-refractivity contribution in [2.45, 2.75) is 58.3 Å². The van der Waals surface area contributed by atoms with E-state index in [0.29, 0.717) is 17.7 Å². The molecule has 3 N–H and O–H groups in total. The number of aromatic hydroxyl groups is 1. The summed E-state index contributed by atoms with van der Waals surface area (Å²) in [6.07, 6.45) is 6.47. The number of unbranched alkanes of at least 4 members (excludes halogenated alkanes) is 5. The van der Waals surface area contributed by atoms with E-state index in [4.69, 9.17) is 10.3 Å². The first-order valence-electron chi connectivity index (χ1n) is 7.77. The summed E-state index contributed by atoms with van der Waals surface area (Å²) < 4.78 is 0. The summed E-state index contributed by atoms with van der Waals surface area (Å²) in [5.74, 6) is -0.603. The molecule has 0 atom stereocenters. The molecule has 1 aromatic rings. The van der Waals surface area contributed by atoms with Crippen LogP contribution in [-0.4, -0.2) is 27.1 Å². The van der Waals surface area contributed by atoms with Crippen molar-refractivity contribution in [3.05, 3.63) is 29.3 Å². The van der Waals surface area contributed by atoms with Crippen molar-refractivity contribution in [1.82, 2.24) is 0 Å². The fraction of sp³-hybridized carbons (Fsp3) is 0.529. The number of nitrogens with zero attached hydrogens (tertiary/aromatic N) is 1. The maximum atomic E-state index is 10.4. The van der Waals surface area contributed by atoms with E-state index >= 15 is 0 Å². The monoisotopic (exact) mass is 307 g/mol. The third-order valence-electron chi connectivity index (χ3n) is 3.64. The van der Waals surface area contributed by atoms with Gasteiger partial charge in [-0.15, -0.1) is 0 Å². The normalized spacial score (nSPS) is 11.6. The summed E-state index contributed by atoms with van der Waals surface area (Å²) in [6, 6.07) is 5.24. The summed E-state index contributed by atoms with van der Waals surface area (Å²) >= 11 is 0. The number of carbonyl (C=O) groups is 1. The molecule has 122 valence electrons. The first-order valence-corrected chi connectivity index (χ1v) is 7.77. The summed E-state index contributed by atoms with van der Waals surface area (Å²) in [4.78, 5) is 10.4. The van der Waals surface area contributed by atoms with Gasteiger partial charge >= 0.3 is 5.97 Å². The van der Waals surface area contributed by atoms with E-state index in [9.17, 15) is 9.90 Å². The number of carboxylic acids is 1. The third-order valence-corrected chi connectivity index (χ3v) is 3.64. The van der Waals surface area contributed by atoms with Gasteiger partial charge in [0.1, 0.15) is 5.75 Å². The lowest BCUT2D eigenvalue weighted by Gasteiger charge is -2.08. The molecule has 5 heteroatoms. The molecule has 22 heavy (non-hydrogen) atoms. The maximum absolute atomic E-state index is 10.4. The molecule has 0 radical (unpaired) electrons. The lowest BCUT2D eigenvalue weighted by atomic mass is 10.0. The molecule has 1 aromatic carbocycles. The zero-order valence-corrected chi connectivity index (χ0v) is 13.1. The van der Waals surface area contributed by atoms with Crippen LogP contribution in [-0.2, 0) is 4.79 Å². The van der Waals surface area contributed by atoms with Gasteiger partial charge in [-0.05, 0) is 38.3 Å². The highest BCUT2D eigenvalue weighted by Gasteiger charge is 2.10. The highest BCUT2D eigenvalue weighted by Crippen LogP contribution is 2.21. The second-order valence-electron chi connectivity index (χ2n) is 5.58. The van der Waals surface area contributed by atoms with E-state index in [1.165, 1.54) is 0 Å². The number of aryl methyl sites for hydroxylation is 1. The summed E-state index contributed by atoms with van der Waals surface area (Å²) in [5, 5.41) is 30.8. The van der Waals surface area contributed by atoms with Crippen molar-refractivity contribution >= 4 is 11.7 Å². The number of phenols is 1. The van der Waals surface area contributed by atoms with Crippen molar-refractivity contribution in [2.24, 2.45) is 5.16 Å². The molecule has 0 amide bonds. The van der Waals surface area contributed by atoms with E-state index in [2.05, 4.69) is 5.16 Å². The van der Waals surface area contributed by atoms with Gasteiger partial charge in [-0.1, -0.05) is 42.5 Å². The molecule has 0 bridgehead atoms. The molecule has 0 aliphatic carbocycles. The van der Waals surface area contributed by atoms with Crippen LogP contribution >= 0.6 is 0 Å². The molecular weight excluding hydrogens is 282 g/mol. The van der Waals surface area contributed by atoms with Crippen LogP contribution in [0.15, 0.2) is 23.4 Å². The molecular formula is C17H25NO4. The Morgan fingerprint density at radius 2 is 1.64 bits per heavy atom. The zero-order chi connectivity index (χ0) is 16.4. The smallest absolute Gasteiger partial charge is 0.303 e. The van der Waals surface area contributed by atoms with E-state index in [0.717, 1.165) is 44.1 Å². The van der Waals surface area contributed by atoms with Crippen molar-refractivity contribution in [1.29, 1.82) is 0 Å². The van der Waals surface area contributed by atoms with Gasteiger partial charge in [-0.25, -0.2) is 0 Å². The van der Waals surface area contributed by atoms with Crippen LogP contribution in [0.25, 0.3) is 0 Å². The van der Waals surface area contributed by atoms with Crippen molar-refractivity contribution in [3.8, 4) is 5.75 Å². The van der Waals surface area contributed by atoms with Gasteiger partial charge in [0.2, 0.25) is 0 Å². The number of benzene rings is 1. The lowest BCUT2D eigenvalue weighted by molar-refractivity contribution is -0.137. The number of carboxylic acid groups (broad SMARTS) is 1. The van der Waals surface area contributed by atoms with E-state index < -0.39 is 5.97 Å². The molecule has 0 aliphatic rings. The number of rotatable bonds is 10. The first kappa shape index (κ1) is 18.0. The Balaban J connectivity index is 2.28. The Morgan fingerprint density at radius 3 is 2.23 bits per heavy atom. The van der Waals surface area contributed by atoms with Gasteiger partial charge in [0.05, 0.1) is 5.71 Å². The van der Waals surface area contributed by atoms with E-state index in [1.807, 2.05) is 19.1 Å². The standard InChI is InChI=1S/C17H25NO4/c1-13-10-11-16(19)14(12-13)15(18-22)8-6-4-2-3-5-7-9-17(20)21/h10-12,19,22H,2-9H2,1H3,(H,20,21)/b18-15+. The van der Waals surface area contributed by atoms with Crippen molar-refractivity contribution < 1.29 is 20.2 Å². The first-order chi connectivity index (χ1) is 10.5. The number of aliphatic carboxylic acids is 1. The zero-order valence-electron chi connectivity index (χ0n) is 13.1. The topological polar surface area (TPSA) is 90.1 Å². The predicted octanol–water partition coefficient (Wildman–Crippen LogP) is 4.08. The van der Waals surface area contributed by atoms with Crippen LogP contribution in [0.4, 0.5) is 0 Å². The van der Waals surface area contributed by atoms with Gasteiger partial charge < -0.3 is 15.4 Å². The minimum absolute atomic E-state index is 0.132. The summed E-state index contributed by atoms with van der Waals surface area (Å²) in [7, 11) is 0. The highest BCUT2D eigenvalue weighted by molar-refractivity contribution is 6.02. The fourth-order valence-corrected chi connectivity index (χ4v) is 2.40. The second kappa shape index (κ2) is 9.82. The molecule has 0 unspecified atom stereocenters. The quantitative estimate of drug-likeness (QED) is 0.263. The van der Waals surface area contributed by atoms with Crippen LogP contribution in [0.2, 0.25) is 0 Å². The minimum atomic E-state index is -0.734. The van der Waals surface area contributed by atoms with Gasteiger partial charge in [0.15, 0.2) is 0 Å². The molecule has 1 rings (SSSR count). The maximum Gasteiger partial charge on any atom is 0.303 e. The van der Waals surface area contributed by atoms with Crippen molar-refractivity contribution in [2.75, 3.05) is 0 Å². The predicted molar refractivity (Wildman–Crippen MR) is 85.7 cm³/mol. The average molecular weight is 307 g/mol. The number of hydrogen-bond donors (Lipinski definition) is 3. The van der Waals surface area contributed by atoms with Gasteiger partial charge in [0, 0.05) is 12.0 Å². The molecule has 0 aliphatic heterocycles. The molecule has 0 saturated heterocycles. The van der Waals surface area contributed by atoms with Crippen LogP contribution in [0.5, 0.6) is 5.75 Å². The number of oxime groups is 1. The van der Waals surface area contributed by atoms with Crippen LogP contribution in [0, 0.1) is 6.92 Å². The molecule has 0 aromatic heterocycles. The van der Waals surface area contributed by atoms with Crippen LogP contribution in [0.3, 0.4) is 0 Å². The molecule has 0 fully saturated rings. The summed E-state index contributed by atoms with van der Waals surface area (Å²) in [5.41, 5.74) is 2.10. The Bertz CT molecular complexity index is 511. The lowest BCUT2D eigenvalue weighted by Crippen LogP contribution is -2.02. The van der Waals surface area contributed by atoms with E-state index in [-0.39, 0.29) is 12.2 Å². The van der Waals surface area contributed by atoms with E-state index in [1.54, 1.807) is 6.07 Å². The highest BCUT2D eigenvalue weighted by atomic mass is 16.4. The molecule has 0 heterocycles. The second-order valence-corrected chi connectivity index (χ2v) is 5.58. The van der Waals surface area contributed by atoms with Gasteiger partial charge in [0.25, 0.3) is 0 Å². The minimum Gasteiger partial charge on any atom is -0.507 e. The van der Waals surface area contributed by atoms with Crippen molar-refractivity contribution in [3.63, 3.8) is 0 Å². The molecule has 5 nitrogen and oxygen atoms in total. The average Bonchev–Trinajstić information content (AvgIpc) is 2.48. The SMILES string of the molecule is Cc1ccc(O)c(/C(CCCCCCCCC(=O)O)=N/O)c1.